The Bertz CT molecular complexity index is 955. The summed E-state index contributed by atoms with van der Waals surface area (Å²) in [5, 5.41) is 3.13. The van der Waals surface area contributed by atoms with Gasteiger partial charge >= 0.3 is 0 Å². The van der Waals surface area contributed by atoms with Crippen molar-refractivity contribution in [2.45, 2.75) is 13.3 Å². The van der Waals surface area contributed by atoms with Crippen molar-refractivity contribution in [3.8, 4) is 11.5 Å². The number of rotatable bonds is 8. The number of imide groups is 1. The number of amides is 2. The molecule has 0 radical (unpaired) electrons. The summed E-state index contributed by atoms with van der Waals surface area (Å²) in [7, 11) is 0. The molecule has 7 nitrogen and oxygen atoms in total. The number of ether oxygens (including phenoxy) is 3. The number of benzene rings is 2. The van der Waals surface area contributed by atoms with Crippen LogP contribution in [0.2, 0.25) is 0 Å². The Morgan fingerprint density at radius 1 is 1.03 bits per heavy atom. The lowest BCUT2D eigenvalue weighted by Crippen LogP contribution is -2.34. The maximum Gasteiger partial charge on any atom is 0.278 e. The van der Waals surface area contributed by atoms with Crippen LogP contribution in [0.15, 0.2) is 54.2 Å². The highest BCUT2D eigenvalue weighted by atomic mass is 16.7. The summed E-state index contributed by atoms with van der Waals surface area (Å²) in [6.45, 7) is 3.49. The molecule has 2 aliphatic rings. The van der Waals surface area contributed by atoms with Gasteiger partial charge in [0.2, 0.25) is 6.79 Å². The van der Waals surface area contributed by atoms with Crippen LogP contribution in [0.1, 0.15) is 18.9 Å². The predicted octanol–water partition coefficient (Wildman–Crippen LogP) is 3.03. The van der Waals surface area contributed by atoms with Crippen molar-refractivity contribution in [1.29, 1.82) is 0 Å². The van der Waals surface area contributed by atoms with E-state index in [4.69, 9.17) is 14.2 Å². The molecule has 0 aromatic heterocycles. The van der Waals surface area contributed by atoms with Crippen LogP contribution in [0.5, 0.6) is 11.5 Å². The van der Waals surface area contributed by atoms with Gasteiger partial charge in [-0.3, -0.25) is 14.5 Å². The van der Waals surface area contributed by atoms with Gasteiger partial charge < -0.3 is 19.5 Å². The van der Waals surface area contributed by atoms with Gasteiger partial charge in [-0.25, -0.2) is 0 Å². The molecule has 2 amide bonds. The Kier molecular flexibility index (Phi) is 5.48. The van der Waals surface area contributed by atoms with E-state index in [9.17, 15) is 9.59 Å². The molecule has 4 rings (SSSR count). The summed E-state index contributed by atoms with van der Waals surface area (Å²) in [5.41, 5.74) is 1.97. The zero-order chi connectivity index (χ0) is 20.2. The van der Waals surface area contributed by atoms with Crippen molar-refractivity contribution < 1.29 is 23.8 Å². The third-order valence-electron chi connectivity index (χ3n) is 4.75. The van der Waals surface area contributed by atoms with Crippen molar-refractivity contribution >= 4 is 23.1 Å². The Morgan fingerprint density at radius 2 is 1.83 bits per heavy atom. The standard InChI is InChI=1S/C22H22N2O5/c1-2-27-12-6-11-24-21(25)19(15-7-4-3-5-8-15)20(22(24)26)23-16-9-10-17-18(13-16)29-14-28-17/h3-5,7-10,13,23H,2,6,11-12,14H2,1H3. The SMILES string of the molecule is CCOCCCN1C(=O)C(Nc2ccc3c(c2)OCO3)=C(c2ccccc2)C1=O. The molecule has 7 heteroatoms. The van der Waals surface area contributed by atoms with Gasteiger partial charge in [-0.05, 0) is 31.0 Å². The average molecular weight is 394 g/mol. The summed E-state index contributed by atoms with van der Waals surface area (Å²) in [6, 6.07) is 14.5. The van der Waals surface area contributed by atoms with E-state index in [1.165, 1.54) is 4.90 Å². The van der Waals surface area contributed by atoms with Crippen LogP contribution in [-0.2, 0) is 14.3 Å². The third-order valence-corrected chi connectivity index (χ3v) is 4.75. The van der Waals surface area contributed by atoms with Crippen LogP contribution >= 0.6 is 0 Å². The molecule has 0 unspecified atom stereocenters. The smallest absolute Gasteiger partial charge is 0.278 e. The zero-order valence-electron chi connectivity index (χ0n) is 16.1. The minimum absolute atomic E-state index is 0.168. The molecular weight excluding hydrogens is 372 g/mol. The van der Waals surface area contributed by atoms with Crippen molar-refractivity contribution in [1.82, 2.24) is 4.90 Å². The molecule has 1 N–H and O–H groups in total. The number of anilines is 1. The topological polar surface area (TPSA) is 77.1 Å². The first-order valence-corrected chi connectivity index (χ1v) is 9.59. The van der Waals surface area contributed by atoms with Gasteiger partial charge in [0.05, 0.1) is 5.57 Å². The lowest BCUT2D eigenvalue weighted by molar-refractivity contribution is -0.137. The molecule has 2 aliphatic heterocycles. The molecule has 0 aliphatic carbocycles. The molecular formula is C22H22N2O5. The second-order valence-electron chi connectivity index (χ2n) is 6.62. The molecule has 2 aromatic rings. The number of nitrogens with zero attached hydrogens (tertiary/aromatic N) is 1. The second-order valence-corrected chi connectivity index (χ2v) is 6.62. The lowest BCUT2D eigenvalue weighted by atomic mass is 10.0. The number of carbonyl (C=O) groups excluding carboxylic acids is 2. The first-order valence-electron chi connectivity index (χ1n) is 9.59. The van der Waals surface area contributed by atoms with Crippen molar-refractivity contribution in [2.75, 3.05) is 31.9 Å². The summed E-state index contributed by atoms with van der Waals surface area (Å²) in [4.78, 5) is 27.5. The molecule has 0 saturated heterocycles. The maximum absolute atomic E-state index is 13.1. The van der Waals surface area contributed by atoms with E-state index < -0.39 is 0 Å². The van der Waals surface area contributed by atoms with Gasteiger partial charge in [0.1, 0.15) is 5.70 Å². The highest BCUT2D eigenvalue weighted by Crippen LogP contribution is 2.36. The molecule has 2 aromatic carbocycles. The normalized spacial score (nSPS) is 15.4. The predicted molar refractivity (Wildman–Crippen MR) is 107 cm³/mol. The number of hydrogen-bond donors (Lipinski definition) is 1. The van der Waals surface area contributed by atoms with Gasteiger partial charge in [-0.2, -0.15) is 0 Å². The van der Waals surface area contributed by atoms with Crippen LogP contribution in [-0.4, -0.2) is 43.3 Å². The molecule has 150 valence electrons. The highest BCUT2D eigenvalue weighted by Gasteiger charge is 2.38. The fourth-order valence-corrected chi connectivity index (χ4v) is 3.36. The Hall–Kier alpha value is -3.32. The Morgan fingerprint density at radius 3 is 2.62 bits per heavy atom. The van der Waals surface area contributed by atoms with Crippen molar-refractivity contribution in [3.05, 3.63) is 59.8 Å². The summed E-state index contributed by atoms with van der Waals surface area (Å²) >= 11 is 0. The summed E-state index contributed by atoms with van der Waals surface area (Å²) in [6.07, 6.45) is 0.588. The fourth-order valence-electron chi connectivity index (χ4n) is 3.36. The molecule has 0 spiro atoms. The minimum Gasteiger partial charge on any atom is -0.454 e. The van der Waals surface area contributed by atoms with Gasteiger partial charge in [0.15, 0.2) is 11.5 Å². The van der Waals surface area contributed by atoms with Crippen molar-refractivity contribution in [2.24, 2.45) is 0 Å². The zero-order valence-corrected chi connectivity index (χ0v) is 16.1. The van der Waals surface area contributed by atoms with E-state index in [0.29, 0.717) is 54.5 Å². The number of carbonyl (C=O) groups is 2. The summed E-state index contributed by atoms with van der Waals surface area (Å²) < 4.78 is 16.1. The largest absolute Gasteiger partial charge is 0.454 e. The van der Waals surface area contributed by atoms with Gasteiger partial charge in [-0.15, -0.1) is 0 Å². The van der Waals surface area contributed by atoms with E-state index in [0.717, 1.165) is 0 Å². The molecule has 0 atom stereocenters. The number of hydrogen-bond acceptors (Lipinski definition) is 6. The average Bonchev–Trinajstić information content (AvgIpc) is 3.29. The van der Waals surface area contributed by atoms with Gasteiger partial charge in [0, 0.05) is 31.5 Å². The van der Waals surface area contributed by atoms with Crippen molar-refractivity contribution in [3.63, 3.8) is 0 Å². The van der Waals surface area contributed by atoms with Crippen LogP contribution in [0, 0.1) is 0 Å². The van der Waals surface area contributed by atoms with Crippen LogP contribution in [0.3, 0.4) is 0 Å². The molecule has 0 fully saturated rings. The first-order chi connectivity index (χ1) is 14.2. The quantitative estimate of drug-likeness (QED) is 0.548. The Balaban J connectivity index is 1.63. The molecule has 0 saturated carbocycles. The van der Waals surface area contributed by atoms with E-state index in [1.807, 2.05) is 37.3 Å². The third kappa shape index (κ3) is 3.82. The molecule has 0 bridgehead atoms. The monoisotopic (exact) mass is 394 g/mol. The van der Waals surface area contributed by atoms with Crippen LogP contribution < -0.4 is 14.8 Å². The molecule has 29 heavy (non-hydrogen) atoms. The van der Waals surface area contributed by atoms with E-state index >= 15 is 0 Å². The lowest BCUT2D eigenvalue weighted by Gasteiger charge is -2.15. The maximum atomic E-state index is 13.1. The molecule has 2 heterocycles. The fraction of sp³-hybridized carbons (Fsp3) is 0.273. The van der Waals surface area contributed by atoms with Gasteiger partial charge in [-0.1, -0.05) is 30.3 Å². The summed E-state index contributed by atoms with van der Waals surface area (Å²) in [5.74, 6) is 0.602. The first kappa shape index (κ1) is 19.0. The minimum atomic E-state index is -0.344. The highest BCUT2D eigenvalue weighted by molar-refractivity contribution is 6.36. The number of fused-ring (bicyclic) bond motifs is 1. The second kappa shape index (κ2) is 8.36. The van der Waals surface area contributed by atoms with Crippen LogP contribution in [0.4, 0.5) is 5.69 Å². The van der Waals surface area contributed by atoms with Gasteiger partial charge in [0.25, 0.3) is 11.8 Å². The van der Waals surface area contributed by atoms with Crippen LogP contribution in [0.25, 0.3) is 5.57 Å². The van der Waals surface area contributed by atoms with E-state index in [-0.39, 0.29) is 24.3 Å². The van der Waals surface area contributed by atoms with E-state index in [2.05, 4.69) is 5.32 Å². The van der Waals surface area contributed by atoms with E-state index in [1.54, 1.807) is 18.2 Å². The Labute approximate surface area is 168 Å². The number of nitrogens with one attached hydrogen (secondary N) is 1.